The number of benzene rings is 1. The fourth-order valence-corrected chi connectivity index (χ4v) is 2.02. The van der Waals surface area contributed by atoms with Gasteiger partial charge >= 0.3 is 0 Å². The monoisotopic (exact) mass is 248 g/mol. The fourth-order valence-electron chi connectivity index (χ4n) is 2.02. The number of hydrogen-bond acceptors (Lipinski definition) is 3. The number of carbonyl (C=O) groups excluding carboxylic acids is 1. The topological polar surface area (TPSA) is 50.4 Å². The predicted molar refractivity (Wildman–Crippen MR) is 70.0 cm³/mol. The van der Waals surface area contributed by atoms with Gasteiger partial charge in [0.25, 0.3) is 0 Å². The van der Waals surface area contributed by atoms with Gasteiger partial charge < -0.3 is 15.4 Å². The molecule has 1 aromatic carbocycles. The molecule has 1 fully saturated rings. The molecule has 2 rings (SSSR count). The molecular weight excluding hydrogens is 228 g/mol. The maximum atomic E-state index is 11.7. The molecule has 0 unspecified atom stereocenters. The van der Waals surface area contributed by atoms with Crippen molar-refractivity contribution < 1.29 is 9.53 Å². The summed E-state index contributed by atoms with van der Waals surface area (Å²) >= 11 is 0. The van der Waals surface area contributed by atoms with E-state index in [4.69, 9.17) is 4.74 Å². The van der Waals surface area contributed by atoms with Crippen LogP contribution >= 0.6 is 0 Å². The second-order valence-electron chi connectivity index (χ2n) is 4.76. The number of rotatable bonds is 6. The van der Waals surface area contributed by atoms with Gasteiger partial charge in [-0.15, -0.1) is 0 Å². The maximum Gasteiger partial charge on any atom is 0.220 e. The van der Waals surface area contributed by atoms with Crippen molar-refractivity contribution in [2.24, 2.45) is 5.92 Å². The first kappa shape index (κ1) is 13.1. The highest BCUT2D eigenvalue weighted by molar-refractivity contribution is 5.76. The molecule has 2 N–H and O–H groups in total. The van der Waals surface area contributed by atoms with Crippen molar-refractivity contribution in [1.29, 1.82) is 0 Å². The minimum atomic E-state index is 0.138. The van der Waals surface area contributed by atoms with Gasteiger partial charge in [-0.05, 0) is 30.1 Å². The number of hydrogen-bond donors (Lipinski definition) is 2. The first-order chi connectivity index (χ1) is 8.78. The molecule has 4 nitrogen and oxygen atoms in total. The van der Waals surface area contributed by atoms with Gasteiger partial charge in [-0.1, -0.05) is 24.3 Å². The summed E-state index contributed by atoms with van der Waals surface area (Å²) in [5, 5.41) is 6.13. The van der Waals surface area contributed by atoms with Gasteiger partial charge in [0.05, 0.1) is 6.61 Å². The van der Waals surface area contributed by atoms with Crippen molar-refractivity contribution in [3.05, 3.63) is 35.4 Å². The van der Waals surface area contributed by atoms with Crippen LogP contribution in [-0.4, -0.2) is 26.1 Å². The number of methoxy groups -OCH3 is 1. The van der Waals surface area contributed by atoms with E-state index in [1.807, 2.05) is 18.2 Å². The minimum Gasteiger partial charge on any atom is -0.380 e. The third-order valence-electron chi connectivity index (χ3n) is 3.13. The van der Waals surface area contributed by atoms with E-state index in [-0.39, 0.29) is 5.91 Å². The Morgan fingerprint density at radius 1 is 1.44 bits per heavy atom. The maximum absolute atomic E-state index is 11.7. The summed E-state index contributed by atoms with van der Waals surface area (Å²) in [5.74, 6) is 0.656. The van der Waals surface area contributed by atoms with Gasteiger partial charge in [0.1, 0.15) is 0 Å². The van der Waals surface area contributed by atoms with E-state index >= 15 is 0 Å². The van der Waals surface area contributed by atoms with Crippen LogP contribution in [0, 0.1) is 5.92 Å². The van der Waals surface area contributed by atoms with Gasteiger partial charge in [-0.25, -0.2) is 0 Å². The number of nitrogens with one attached hydrogen (secondary N) is 2. The quantitative estimate of drug-likeness (QED) is 0.791. The van der Waals surface area contributed by atoms with Gasteiger partial charge in [-0.2, -0.15) is 0 Å². The Bertz CT molecular complexity index is 403. The zero-order valence-corrected chi connectivity index (χ0v) is 10.7. The van der Waals surface area contributed by atoms with E-state index in [9.17, 15) is 4.79 Å². The van der Waals surface area contributed by atoms with E-state index in [0.717, 1.165) is 24.2 Å². The third kappa shape index (κ3) is 3.82. The number of amides is 1. The lowest BCUT2D eigenvalue weighted by molar-refractivity contribution is -0.122. The Kier molecular flexibility index (Phi) is 4.73. The van der Waals surface area contributed by atoms with Crippen LogP contribution < -0.4 is 10.6 Å². The zero-order valence-electron chi connectivity index (χ0n) is 10.7. The average molecular weight is 248 g/mol. The van der Waals surface area contributed by atoms with Crippen LogP contribution in [0.1, 0.15) is 17.5 Å². The molecule has 0 aromatic heterocycles. The van der Waals surface area contributed by atoms with Gasteiger partial charge in [-0.3, -0.25) is 4.79 Å². The second-order valence-corrected chi connectivity index (χ2v) is 4.76. The fraction of sp³-hybridized carbons (Fsp3) is 0.500. The summed E-state index contributed by atoms with van der Waals surface area (Å²) in [5.41, 5.74) is 2.25. The summed E-state index contributed by atoms with van der Waals surface area (Å²) in [6, 6.07) is 8.10. The number of ether oxygens (including phenoxy) is 1. The number of carbonyl (C=O) groups is 1. The van der Waals surface area contributed by atoms with Crippen LogP contribution in [0.4, 0.5) is 0 Å². The summed E-state index contributed by atoms with van der Waals surface area (Å²) in [4.78, 5) is 11.7. The molecule has 0 aliphatic carbocycles. The van der Waals surface area contributed by atoms with Crippen molar-refractivity contribution in [2.45, 2.75) is 19.6 Å². The largest absolute Gasteiger partial charge is 0.380 e. The molecule has 0 saturated carbocycles. The Morgan fingerprint density at radius 2 is 2.22 bits per heavy atom. The smallest absolute Gasteiger partial charge is 0.220 e. The summed E-state index contributed by atoms with van der Waals surface area (Å²) in [6.07, 6.45) is 0.630. The molecule has 0 radical (unpaired) electrons. The first-order valence-corrected chi connectivity index (χ1v) is 6.32. The van der Waals surface area contributed by atoms with Crippen LogP contribution in [0.15, 0.2) is 24.3 Å². The zero-order chi connectivity index (χ0) is 12.8. The highest BCUT2D eigenvalue weighted by Crippen LogP contribution is 2.09. The SMILES string of the molecule is COCc1cccc(CNC(=O)CC2CNC2)c1. The Labute approximate surface area is 108 Å². The van der Waals surface area contributed by atoms with E-state index in [0.29, 0.717) is 25.5 Å². The molecule has 1 amide bonds. The van der Waals surface area contributed by atoms with Crippen molar-refractivity contribution in [3.8, 4) is 0 Å². The summed E-state index contributed by atoms with van der Waals surface area (Å²) < 4.78 is 5.09. The molecule has 1 aliphatic rings. The highest BCUT2D eigenvalue weighted by Gasteiger charge is 2.19. The van der Waals surface area contributed by atoms with E-state index in [1.54, 1.807) is 7.11 Å². The standard InChI is InChI=1S/C14H20N2O2/c1-18-10-12-4-2-3-11(5-12)9-16-14(17)6-13-7-15-8-13/h2-5,13,15H,6-10H2,1H3,(H,16,17). The predicted octanol–water partition coefficient (Wildman–Crippen LogP) is 1.06. The molecule has 0 atom stereocenters. The van der Waals surface area contributed by atoms with Crippen molar-refractivity contribution in [1.82, 2.24) is 10.6 Å². The lowest BCUT2D eigenvalue weighted by atomic mass is 9.99. The summed E-state index contributed by atoms with van der Waals surface area (Å²) in [6.45, 7) is 3.14. The molecular formula is C14H20N2O2. The van der Waals surface area contributed by atoms with Crippen LogP contribution in [0.3, 0.4) is 0 Å². The molecule has 0 bridgehead atoms. The Morgan fingerprint density at radius 3 is 2.89 bits per heavy atom. The minimum absolute atomic E-state index is 0.138. The second kappa shape index (κ2) is 6.52. The molecule has 1 saturated heterocycles. The molecule has 1 heterocycles. The summed E-state index contributed by atoms with van der Waals surface area (Å²) in [7, 11) is 1.68. The van der Waals surface area contributed by atoms with E-state index in [2.05, 4.69) is 16.7 Å². The van der Waals surface area contributed by atoms with Gasteiger partial charge in [0, 0.05) is 20.1 Å². The molecule has 1 aliphatic heterocycles. The lowest BCUT2D eigenvalue weighted by Crippen LogP contribution is -2.44. The molecule has 98 valence electrons. The van der Waals surface area contributed by atoms with Crippen molar-refractivity contribution in [3.63, 3.8) is 0 Å². The lowest BCUT2D eigenvalue weighted by Gasteiger charge is -2.26. The van der Waals surface area contributed by atoms with Gasteiger partial charge in [0.2, 0.25) is 5.91 Å². The van der Waals surface area contributed by atoms with Crippen LogP contribution in [0.5, 0.6) is 0 Å². The average Bonchev–Trinajstić information content (AvgIpc) is 2.32. The van der Waals surface area contributed by atoms with E-state index in [1.165, 1.54) is 0 Å². The molecule has 0 spiro atoms. The third-order valence-corrected chi connectivity index (χ3v) is 3.13. The Balaban J connectivity index is 1.77. The van der Waals surface area contributed by atoms with E-state index < -0.39 is 0 Å². The molecule has 18 heavy (non-hydrogen) atoms. The van der Waals surface area contributed by atoms with Crippen LogP contribution in [-0.2, 0) is 22.7 Å². The van der Waals surface area contributed by atoms with Crippen LogP contribution in [0.25, 0.3) is 0 Å². The Hall–Kier alpha value is -1.39. The normalized spacial score (nSPS) is 15.2. The highest BCUT2D eigenvalue weighted by atomic mass is 16.5. The van der Waals surface area contributed by atoms with Crippen molar-refractivity contribution in [2.75, 3.05) is 20.2 Å². The van der Waals surface area contributed by atoms with Crippen LogP contribution in [0.2, 0.25) is 0 Å². The van der Waals surface area contributed by atoms with Gasteiger partial charge in [0.15, 0.2) is 0 Å². The molecule has 1 aromatic rings. The van der Waals surface area contributed by atoms with Crippen molar-refractivity contribution >= 4 is 5.91 Å². The molecule has 4 heteroatoms. The first-order valence-electron chi connectivity index (χ1n) is 6.32.